The summed E-state index contributed by atoms with van der Waals surface area (Å²) in [7, 11) is 0. The molecule has 1 N–H and O–H groups in total. The minimum atomic E-state index is -0.482. The molecule has 0 unspecified atom stereocenters. The monoisotopic (exact) mass is 307 g/mol. The highest BCUT2D eigenvalue weighted by molar-refractivity contribution is 7.98. The average molecular weight is 307 g/mol. The maximum absolute atomic E-state index is 14.0. The van der Waals surface area contributed by atoms with Gasteiger partial charge in [-0.1, -0.05) is 37.3 Å². The molecule has 0 radical (unpaired) electrons. The molecule has 112 valence electrons. The molecule has 0 aliphatic rings. The lowest BCUT2D eigenvalue weighted by Gasteiger charge is -2.09. The molecule has 0 spiro atoms. The van der Waals surface area contributed by atoms with E-state index in [0.29, 0.717) is 17.9 Å². The molecule has 2 aromatic rings. The largest absolute Gasteiger partial charge is 0.313 e. The number of halogens is 2. The van der Waals surface area contributed by atoms with Gasteiger partial charge in [0.1, 0.15) is 11.6 Å². The first kappa shape index (κ1) is 16.0. The topological polar surface area (TPSA) is 12.0 Å². The lowest BCUT2D eigenvalue weighted by Crippen LogP contribution is -2.14. The third-order valence-electron chi connectivity index (χ3n) is 3.04. The Morgan fingerprint density at radius 1 is 1.00 bits per heavy atom. The van der Waals surface area contributed by atoms with E-state index in [0.717, 1.165) is 18.5 Å². The summed E-state index contributed by atoms with van der Waals surface area (Å²) in [5, 5.41) is 3.14. The lowest BCUT2D eigenvalue weighted by molar-refractivity contribution is 0.534. The number of hydrogen-bond acceptors (Lipinski definition) is 2. The Morgan fingerprint density at radius 2 is 1.67 bits per heavy atom. The van der Waals surface area contributed by atoms with E-state index >= 15 is 0 Å². The number of thioether (sulfide) groups is 1. The molecular formula is C17H19F2NS. The zero-order valence-electron chi connectivity index (χ0n) is 12.0. The van der Waals surface area contributed by atoms with Crippen LogP contribution in [0.1, 0.15) is 24.5 Å². The third-order valence-corrected chi connectivity index (χ3v) is 4.20. The van der Waals surface area contributed by atoms with E-state index in [-0.39, 0.29) is 4.90 Å². The van der Waals surface area contributed by atoms with Crippen LogP contribution in [0.25, 0.3) is 0 Å². The molecule has 1 nitrogen and oxygen atoms in total. The van der Waals surface area contributed by atoms with Crippen LogP contribution in [0.5, 0.6) is 0 Å². The van der Waals surface area contributed by atoms with Crippen molar-refractivity contribution in [1.82, 2.24) is 5.32 Å². The molecule has 2 aromatic carbocycles. The predicted molar refractivity (Wildman–Crippen MR) is 84.4 cm³/mol. The van der Waals surface area contributed by atoms with Crippen LogP contribution in [0.3, 0.4) is 0 Å². The molecule has 0 saturated heterocycles. The van der Waals surface area contributed by atoms with E-state index in [1.54, 1.807) is 0 Å². The van der Waals surface area contributed by atoms with E-state index in [2.05, 4.69) is 12.2 Å². The first-order valence-electron chi connectivity index (χ1n) is 7.06. The number of hydrogen-bond donors (Lipinski definition) is 1. The Balaban J connectivity index is 2.03. The average Bonchev–Trinajstić information content (AvgIpc) is 2.48. The first-order chi connectivity index (χ1) is 10.2. The molecule has 21 heavy (non-hydrogen) atoms. The van der Waals surface area contributed by atoms with Crippen molar-refractivity contribution in [3.05, 3.63) is 65.2 Å². The van der Waals surface area contributed by atoms with Crippen LogP contribution in [0.2, 0.25) is 0 Å². The van der Waals surface area contributed by atoms with Crippen molar-refractivity contribution < 1.29 is 8.78 Å². The zero-order chi connectivity index (χ0) is 15.1. The van der Waals surface area contributed by atoms with Crippen LogP contribution in [-0.2, 0) is 12.3 Å². The van der Waals surface area contributed by atoms with Crippen LogP contribution in [0.4, 0.5) is 8.78 Å². The Kier molecular flexibility index (Phi) is 6.21. The molecule has 0 atom stereocenters. The molecule has 0 bridgehead atoms. The summed E-state index contributed by atoms with van der Waals surface area (Å²) in [5.41, 5.74) is 1.69. The van der Waals surface area contributed by atoms with E-state index in [1.807, 2.05) is 30.3 Å². The predicted octanol–water partition coefficient (Wildman–Crippen LogP) is 4.76. The standard InChI is InChI=1S/C17H19F2NS/c1-2-8-20-11-14-9-15(18)17(16(19)10-14)21-12-13-6-4-3-5-7-13/h3-7,9-10,20H,2,8,11-12H2,1H3. The third kappa shape index (κ3) is 4.83. The maximum atomic E-state index is 14.0. The zero-order valence-corrected chi connectivity index (χ0v) is 12.9. The van der Waals surface area contributed by atoms with Gasteiger partial charge in [-0.25, -0.2) is 8.78 Å². The second kappa shape index (κ2) is 8.15. The molecule has 2 rings (SSSR count). The SMILES string of the molecule is CCCNCc1cc(F)c(SCc2ccccc2)c(F)c1. The highest BCUT2D eigenvalue weighted by atomic mass is 32.2. The van der Waals surface area contributed by atoms with Crippen LogP contribution in [0.15, 0.2) is 47.4 Å². The molecular weight excluding hydrogens is 288 g/mol. The van der Waals surface area contributed by atoms with Crippen molar-refractivity contribution in [1.29, 1.82) is 0 Å². The minimum Gasteiger partial charge on any atom is -0.313 e. The van der Waals surface area contributed by atoms with Crippen molar-refractivity contribution in [3.63, 3.8) is 0 Å². The molecule has 0 aromatic heterocycles. The van der Waals surface area contributed by atoms with E-state index in [4.69, 9.17) is 0 Å². The van der Waals surface area contributed by atoms with Gasteiger partial charge < -0.3 is 5.32 Å². The smallest absolute Gasteiger partial charge is 0.140 e. The van der Waals surface area contributed by atoms with Crippen molar-refractivity contribution in [2.75, 3.05) is 6.54 Å². The summed E-state index contributed by atoms with van der Waals surface area (Å²) in [6.07, 6.45) is 0.996. The molecule has 0 aliphatic heterocycles. The van der Waals surface area contributed by atoms with Crippen molar-refractivity contribution in [2.45, 2.75) is 30.5 Å². The second-order valence-electron chi connectivity index (χ2n) is 4.84. The van der Waals surface area contributed by atoms with Crippen LogP contribution in [-0.4, -0.2) is 6.54 Å². The molecule has 0 fully saturated rings. The fourth-order valence-corrected chi connectivity index (χ4v) is 2.89. The number of rotatable bonds is 7. The Labute approximate surface area is 128 Å². The first-order valence-corrected chi connectivity index (χ1v) is 8.04. The van der Waals surface area contributed by atoms with Crippen molar-refractivity contribution >= 4 is 11.8 Å². The maximum Gasteiger partial charge on any atom is 0.140 e. The van der Waals surface area contributed by atoms with E-state index in [1.165, 1.54) is 23.9 Å². The van der Waals surface area contributed by atoms with E-state index < -0.39 is 11.6 Å². The number of benzene rings is 2. The van der Waals surface area contributed by atoms with Gasteiger partial charge in [0.25, 0.3) is 0 Å². The number of nitrogens with one attached hydrogen (secondary N) is 1. The normalized spacial score (nSPS) is 10.8. The van der Waals surface area contributed by atoms with E-state index in [9.17, 15) is 8.78 Å². The fraction of sp³-hybridized carbons (Fsp3) is 0.294. The van der Waals surface area contributed by atoms with Crippen molar-refractivity contribution in [2.24, 2.45) is 0 Å². The lowest BCUT2D eigenvalue weighted by atomic mass is 10.2. The van der Waals surface area contributed by atoms with Gasteiger partial charge in [-0.2, -0.15) is 0 Å². The summed E-state index contributed by atoms with van der Waals surface area (Å²) in [5.74, 6) is -0.407. The summed E-state index contributed by atoms with van der Waals surface area (Å²) in [6.45, 7) is 3.39. The molecule has 4 heteroatoms. The summed E-state index contributed by atoms with van der Waals surface area (Å²) in [6, 6.07) is 12.5. The van der Waals surface area contributed by atoms with Crippen molar-refractivity contribution in [3.8, 4) is 0 Å². The quantitative estimate of drug-likeness (QED) is 0.585. The van der Waals surface area contributed by atoms with Gasteiger partial charge in [0, 0.05) is 12.3 Å². The second-order valence-corrected chi connectivity index (χ2v) is 5.83. The van der Waals surface area contributed by atoms with Gasteiger partial charge in [-0.15, -0.1) is 11.8 Å². The summed E-state index contributed by atoms with van der Waals surface area (Å²) >= 11 is 1.19. The van der Waals surface area contributed by atoms with Gasteiger partial charge in [-0.3, -0.25) is 0 Å². The molecule has 0 saturated carbocycles. The summed E-state index contributed by atoms with van der Waals surface area (Å²) in [4.78, 5) is 0.0955. The Morgan fingerprint density at radius 3 is 2.29 bits per heavy atom. The Bertz CT molecular complexity index is 549. The minimum absolute atomic E-state index is 0.0955. The van der Waals surface area contributed by atoms with Gasteiger partial charge in [0.15, 0.2) is 0 Å². The fourth-order valence-electron chi connectivity index (χ4n) is 1.99. The van der Waals surface area contributed by atoms with Crippen LogP contribution in [0, 0.1) is 11.6 Å². The molecule has 0 amide bonds. The molecule has 0 aliphatic carbocycles. The highest BCUT2D eigenvalue weighted by Crippen LogP contribution is 2.29. The van der Waals surface area contributed by atoms with Crippen LogP contribution >= 0.6 is 11.8 Å². The van der Waals surface area contributed by atoms with Gasteiger partial charge in [-0.05, 0) is 36.2 Å². The van der Waals surface area contributed by atoms with Gasteiger partial charge >= 0.3 is 0 Å². The highest BCUT2D eigenvalue weighted by Gasteiger charge is 2.12. The van der Waals surface area contributed by atoms with Gasteiger partial charge in [0.05, 0.1) is 4.90 Å². The molecule has 0 heterocycles. The van der Waals surface area contributed by atoms with Gasteiger partial charge in [0.2, 0.25) is 0 Å². The Hall–Kier alpha value is -1.39. The van der Waals surface area contributed by atoms with Crippen LogP contribution < -0.4 is 5.32 Å². The summed E-state index contributed by atoms with van der Waals surface area (Å²) < 4.78 is 28.1.